The van der Waals surface area contributed by atoms with E-state index in [1.165, 1.54) is 6.07 Å². The molecule has 0 N–H and O–H groups in total. The average molecular weight is 228 g/mol. The van der Waals surface area contributed by atoms with E-state index in [-0.39, 0.29) is 51.4 Å². The fraction of sp³-hybridized carbons (Fsp3) is 0. The Labute approximate surface area is 120 Å². The van der Waals surface area contributed by atoms with Crippen molar-refractivity contribution in [3.63, 3.8) is 0 Å². The van der Waals surface area contributed by atoms with Crippen molar-refractivity contribution in [3.05, 3.63) is 23.8 Å². The number of hydrogen-bond donors (Lipinski definition) is 0. The molecule has 1 aromatic rings. The summed E-state index contributed by atoms with van der Waals surface area (Å²) in [6.45, 7) is -5.42. The minimum absolute atomic E-state index is 0. The molecule has 0 aliphatic rings. The van der Waals surface area contributed by atoms with Gasteiger partial charge < -0.3 is 12.9 Å². The van der Waals surface area contributed by atoms with Gasteiger partial charge in [0, 0.05) is 0 Å². The molecule has 0 aliphatic carbocycles. The predicted octanol–water partition coefficient (Wildman–Crippen LogP) is -1.85. The standard InChI is InChI=1S/C6H2BF4N2.K/c8-6-3-13-4(2-12)1-5(6)7(9,10)11;/h1,3H;/q-1;+1. The van der Waals surface area contributed by atoms with Crippen LogP contribution in [0, 0.1) is 17.1 Å². The van der Waals surface area contributed by atoms with Gasteiger partial charge in [0.25, 0.3) is 0 Å². The number of nitriles is 1. The number of aromatic nitrogens is 1. The molecular weight excluding hydrogens is 226 g/mol. The molecule has 8 heteroatoms. The van der Waals surface area contributed by atoms with Crippen LogP contribution in [0.25, 0.3) is 0 Å². The third-order valence-electron chi connectivity index (χ3n) is 1.35. The number of halogens is 4. The molecule has 1 rings (SSSR count). The Morgan fingerprint density at radius 2 is 1.93 bits per heavy atom. The van der Waals surface area contributed by atoms with E-state index in [4.69, 9.17) is 5.26 Å². The van der Waals surface area contributed by atoms with Gasteiger partial charge in [-0.25, -0.2) is 9.37 Å². The molecule has 0 saturated heterocycles. The first-order chi connectivity index (χ1) is 5.95. The van der Waals surface area contributed by atoms with E-state index < -0.39 is 24.0 Å². The van der Waals surface area contributed by atoms with Crippen LogP contribution in [0.3, 0.4) is 0 Å². The first kappa shape index (κ1) is 14.1. The molecule has 0 spiro atoms. The van der Waals surface area contributed by atoms with Gasteiger partial charge in [-0.2, -0.15) is 5.26 Å². The number of hydrogen-bond acceptors (Lipinski definition) is 2. The average Bonchev–Trinajstić information content (AvgIpc) is 2.03. The van der Waals surface area contributed by atoms with Crippen LogP contribution in [0.4, 0.5) is 17.3 Å². The molecule has 0 bridgehead atoms. The van der Waals surface area contributed by atoms with Crippen LogP contribution in [0.15, 0.2) is 12.3 Å². The van der Waals surface area contributed by atoms with Crippen LogP contribution < -0.4 is 56.8 Å². The molecule has 1 heterocycles. The summed E-state index contributed by atoms with van der Waals surface area (Å²) in [5.74, 6) is -1.45. The summed E-state index contributed by atoms with van der Waals surface area (Å²) in [5, 5.41) is 8.22. The quantitative estimate of drug-likeness (QED) is 0.418. The molecular formula is C6H2BF4KN2. The second-order valence-corrected chi connectivity index (χ2v) is 2.28. The van der Waals surface area contributed by atoms with Gasteiger partial charge in [0.05, 0.1) is 6.20 Å². The maximum atomic E-state index is 12.5. The topological polar surface area (TPSA) is 36.7 Å². The summed E-state index contributed by atoms with van der Waals surface area (Å²) >= 11 is 0. The minimum Gasteiger partial charge on any atom is -0.445 e. The van der Waals surface area contributed by atoms with Crippen molar-refractivity contribution in [1.82, 2.24) is 4.98 Å². The molecule has 0 aromatic carbocycles. The molecule has 14 heavy (non-hydrogen) atoms. The van der Waals surface area contributed by atoms with E-state index >= 15 is 0 Å². The van der Waals surface area contributed by atoms with Crippen LogP contribution >= 0.6 is 0 Å². The fourth-order valence-corrected chi connectivity index (χ4v) is 0.766. The Balaban J connectivity index is 0.00000169. The zero-order valence-electron chi connectivity index (χ0n) is 7.14. The third-order valence-corrected chi connectivity index (χ3v) is 1.35. The molecule has 1 aromatic heterocycles. The van der Waals surface area contributed by atoms with Gasteiger partial charge in [0.15, 0.2) is 0 Å². The van der Waals surface area contributed by atoms with Crippen molar-refractivity contribution >= 4 is 12.4 Å². The molecule has 0 unspecified atom stereocenters. The first-order valence-corrected chi connectivity index (χ1v) is 3.20. The summed E-state index contributed by atoms with van der Waals surface area (Å²) in [6.07, 6.45) is 0.392. The van der Waals surface area contributed by atoms with Crippen molar-refractivity contribution in [2.75, 3.05) is 0 Å². The monoisotopic (exact) mass is 228 g/mol. The van der Waals surface area contributed by atoms with Gasteiger partial charge in [0.1, 0.15) is 17.6 Å². The van der Waals surface area contributed by atoms with Crippen LogP contribution in [0.1, 0.15) is 5.69 Å². The zero-order chi connectivity index (χ0) is 10.1. The van der Waals surface area contributed by atoms with E-state index in [0.717, 1.165) is 0 Å². The molecule has 0 radical (unpaired) electrons. The Hall–Kier alpha value is 0.0613. The summed E-state index contributed by atoms with van der Waals surface area (Å²) < 4.78 is 48.7. The summed E-state index contributed by atoms with van der Waals surface area (Å²) in [7, 11) is 0. The number of rotatable bonds is 1. The Morgan fingerprint density at radius 3 is 2.36 bits per heavy atom. The first-order valence-electron chi connectivity index (χ1n) is 3.20. The summed E-state index contributed by atoms with van der Waals surface area (Å²) in [5.41, 5.74) is -1.86. The molecule has 0 fully saturated rings. The second-order valence-electron chi connectivity index (χ2n) is 2.28. The van der Waals surface area contributed by atoms with Crippen LogP contribution in [-0.4, -0.2) is 12.0 Å². The van der Waals surface area contributed by atoms with Gasteiger partial charge in [-0.3, -0.25) is 0 Å². The molecule has 0 amide bonds. The van der Waals surface area contributed by atoms with E-state index in [2.05, 4.69) is 4.98 Å². The van der Waals surface area contributed by atoms with Crippen LogP contribution in [-0.2, 0) is 0 Å². The van der Waals surface area contributed by atoms with Crippen molar-refractivity contribution in [2.24, 2.45) is 0 Å². The second kappa shape index (κ2) is 5.23. The van der Waals surface area contributed by atoms with Crippen molar-refractivity contribution in [3.8, 4) is 6.07 Å². The van der Waals surface area contributed by atoms with Crippen LogP contribution in [0.2, 0.25) is 0 Å². The fourth-order valence-electron chi connectivity index (χ4n) is 0.766. The van der Waals surface area contributed by atoms with E-state index in [1.54, 1.807) is 0 Å². The normalized spacial score (nSPS) is 10.2. The van der Waals surface area contributed by atoms with Gasteiger partial charge in [-0.1, -0.05) is 5.46 Å². The van der Waals surface area contributed by atoms with E-state index in [1.807, 2.05) is 0 Å². The molecule has 0 saturated carbocycles. The maximum absolute atomic E-state index is 12.5. The minimum atomic E-state index is -5.42. The zero-order valence-corrected chi connectivity index (χ0v) is 10.3. The number of pyridine rings is 1. The summed E-state index contributed by atoms with van der Waals surface area (Å²) in [4.78, 5) is 3.14. The Bertz CT molecular complexity index is 373. The summed E-state index contributed by atoms with van der Waals surface area (Å²) in [6, 6.07) is 1.80. The van der Waals surface area contributed by atoms with Gasteiger partial charge in [-0.15, -0.1) is 0 Å². The molecule has 2 nitrogen and oxygen atoms in total. The van der Waals surface area contributed by atoms with Crippen molar-refractivity contribution in [2.45, 2.75) is 0 Å². The Kier molecular flexibility index (Phi) is 5.25. The van der Waals surface area contributed by atoms with Gasteiger partial charge >= 0.3 is 58.4 Å². The molecule has 0 atom stereocenters. The van der Waals surface area contributed by atoms with Gasteiger partial charge in [-0.05, 0) is 6.07 Å². The molecule has 0 aliphatic heterocycles. The largest absolute Gasteiger partial charge is 1.00 e. The van der Waals surface area contributed by atoms with E-state index in [0.29, 0.717) is 12.3 Å². The maximum Gasteiger partial charge on any atom is 1.00 e. The Morgan fingerprint density at radius 1 is 1.36 bits per heavy atom. The van der Waals surface area contributed by atoms with Crippen molar-refractivity contribution < 1.29 is 68.7 Å². The van der Waals surface area contributed by atoms with Crippen LogP contribution in [0.5, 0.6) is 0 Å². The van der Waals surface area contributed by atoms with E-state index in [9.17, 15) is 17.3 Å². The predicted molar refractivity (Wildman–Crippen MR) is 37.6 cm³/mol. The SMILES string of the molecule is N#Cc1cc([B-](F)(F)F)c(F)cn1.[K+]. The van der Waals surface area contributed by atoms with Crippen molar-refractivity contribution in [1.29, 1.82) is 5.26 Å². The third kappa shape index (κ3) is 3.33. The van der Waals surface area contributed by atoms with Gasteiger partial charge in [0.2, 0.25) is 0 Å². The molecule has 68 valence electrons. The number of nitrogens with zero attached hydrogens (tertiary/aromatic N) is 2. The smallest absolute Gasteiger partial charge is 0.445 e.